The van der Waals surface area contributed by atoms with Crippen molar-refractivity contribution < 1.29 is 9.59 Å². The monoisotopic (exact) mass is 330 g/mol. The molecule has 0 fully saturated rings. The van der Waals surface area contributed by atoms with Gasteiger partial charge >= 0.3 is 0 Å². The largest absolute Gasteiger partial charge is 0.350 e. The quantitative estimate of drug-likeness (QED) is 0.582. The lowest BCUT2D eigenvalue weighted by molar-refractivity contribution is -0.122. The number of amides is 2. The molecule has 0 aliphatic rings. The molecule has 2 amide bonds. The van der Waals surface area contributed by atoms with Crippen LogP contribution < -0.4 is 16.0 Å². The number of hydrogen-bond acceptors (Lipinski definition) is 5. The highest BCUT2D eigenvalue weighted by Gasteiger charge is 2.08. The Morgan fingerprint density at radius 2 is 1.96 bits per heavy atom. The van der Waals surface area contributed by atoms with Crippen molar-refractivity contribution in [1.29, 1.82) is 0 Å². The smallest absolute Gasteiger partial charge is 0.248 e. The van der Waals surface area contributed by atoms with Crippen LogP contribution in [0.1, 0.15) is 18.4 Å². The van der Waals surface area contributed by atoms with E-state index in [1.807, 2.05) is 37.4 Å². The Balaban J connectivity index is 1.74. The van der Waals surface area contributed by atoms with Gasteiger partial charge in [-0.3, -0.25) is 14.9 Å². The van der Waals surface area contributed by atoms with E-state index < -0.39 is 0 Å². The van der Waals surface area contributed by atoms with Crippen LogP contribution in [0.4, 0.5) is 5.95 Å². The fraction of sp³-hybridized carbons (Fsp3) is 0.375. The first-order valence-electron chi connectivity index (χ1n) is 7.82. The van der Waals surface area contributed by atoms with Crippen molar-refractivity contribution >= 4 is 17.8 Å². The molecule has 0 aliphatic heterocycles. The van der Waals surface area contributed by atoms with E-state index in [-0.39, 0.29) is 24.3 Å². The third-order valence-corrected chi connectivity index (χ3v) is 3.26. The Hall–Kier alpha value is -2.74. The zero-order chi connectivity index (χ0) is 17.2. The summed E-state index contributed by atoms with van der Waals surface area (Å²) in [6.45, 7) is 1.29. The first-order chi connectivity index (χ1) is 11.7. The van der Waals surface area contributed by atoms with Gasteiger partial charge in [-0.05, 0) is 25.6 Å². The number of anilines is 1. The van der Waals surface area contributed by atoms with Crippen molar-refractivity contribution in [3.63, 3.8) is 0 Å². The maximum atomic E-state index is 11.9. The van der Waals surface area contributed by atoms with Crippen molar-refractivity contribution in [2.45, 2.75) is 25.9 Å². The summed E-state index contributed by atoms with van der Waals surface area (Å²) in [5, 5.41) is 12.5. The summed E-state index contributed by atoms with van der Waals surface area (Å²) in [4.78, 5) is 27.5. The number of nitrogens with zero attached hydrogens (tertiary/aromatic N) is 3. The summed E-state index contributed by atoms with van der Waals surface area (Å²) < 4.78 is 1.39. The molecule has 128 valence electrons. The molecular formula is C16H22N6O2. The fourth-order valence-electron chi connectivity index (χ4n) is 2.04. The van der Waals surface area contributed by atoms with Gasteiger partial charge in [-0.15, -0.1) is 5.10 Å². The van der Waals surface area contributed by atoms with Gasteiger partial charge in [0, 0.05) is 13.0 Å². The highest BCUT2D eigenvalue weighted by Crippen LogP contribution is 2.00. The second-order valence-electron chi connectivity index (χ2n) is 5.28. The van der Waals surface area contributed by atoms with E-state index in [9.17, 15) is 9.59 Å². The summed E-state index contributed by atoms with van der Waals surface area (Å²) >= 11 is 0. The minimum absolute atomic E-state index is 0.0511. The molecule has 0 atom stereocenters. The van der Waals surface area contributed by atoms with Crippen molar-refractivity contribution in [2.75, 3.05) is 18.9 Å². The molecule has 0 spiro atoms. The molecule has 2 aromatic rings. The molecule has 0 saturated carbocycles. The maximum Gasteiger partial charge on any atom is 0.248 e. The summed E-state index contributed by atoms with van der Waals surface area (Å²) in [6.07, 6.45) is 2.56. The van der Waals surface area contributed by atoms with Crippen LogP contribution in [0.5, 0.6) is 0 Å². The van der Waals surface area contributed by atoms with Crippen molar-refractivity contribution in [1.82, 2.24) is 25.4 Å². The van der Waals surface area contributed by atoms with Crippen molar-refractivity contribution in [2.24, 2.45) is 0 Å². The zero-order valence-corrected chi connectivity index (χ0v) is 13.7. The standard InChI is InChI=1S/C16H22N6O2/c1-17-9-5-8-14(23)20-16-19-12-22(21-16)11-15(24)18-10-13-6-3-2-4-7-13/h2-4,6-7,12,17H,5,8-11H2,1H3,(H,18,24)(H,20,21,23). The van der Waals surface area contributed by atoms with E-state index in [0.29, 0.717) is 13.0 Å². The molecular weight excluding hydrogens is 308 g/mol. The average Bonchev–Trinajstić information content (AvgIpc) is 3.01. The number of rotatable bonds is 9. The first kappa shape index (κ1) is 17.6. The Labute approximate surface area is 140 Å². The van der Waals surface area contributed by atoms with Gasteiger partial charge in [0.2, 0.25) is 17.8 Å². The third kappa shape index (κ3) is 6.17. The topological polar surface area (TPSA) is 101 Å². The molecule has 0 saturated heterocycles. The van der Waals surface area contributed by atoms with E-state index in [2.05, 4.69) is 26.0 Å². The number of carbonyl (C=O) groups excluding carboxylic acids is 2. The van der Waals surface area contributed by atoms with E-state index >= 15 is 0 Å². The SMILES string of the molecule is CNCCCC(=O)Nc1ncn(CC(=O)NCc2ccccc2)n1. The molecule has 8 heteroatoms. The number of carbonyl (C=O) groups is 2. The zero-order valence-electron chi connectivity index (χ0n) is 13.7. The molecule has 0 bridgehead atoms. The van der Waals surface area contributed by atoms with Gasteiger partial charge in [0.1, 0.15) is 12.9 Å². The number of hydrogen-bond donors (Lipinski definition) is 3. The van der Waals surface area contributed by atoms with E-state index in [1.54, 1.807) is 0 Å². The van der Waals surface area contributed by atoms with Crippen LogP contribution in [0.3, 0.4) is 0 Å². The molecule has 3 N–H and O–H groups in total. The minimum Gasteiger partial charge on any atom is -0.350 e. The van der Waals surface area contributed by atoms with Crippen LogP contribution in [0, 0.1) is 0 Å². The van der Waals surface area contributed by atoms with Gasteiger partial charge in [-0.25, -0.2) is 9.67 Å². The van der Waals surface area contributed by atoms with Crippen LogP contribution >= 0.6 is 0 Å². The van der Waals surface area contributed by atoms with Crippen LogP contribution in [-0.2, 0) is 22.7 Å². The minimum atomic E-state index is -0.171. The predicted octanol–water partition coefficient (Wildman–Crippen LogP) is 0.533. The third-order valence-electron chi connectivity index (χ3n) is 3.26. The van der Waals surface area contributed by atoms with Crippen LogP contribution in [0.25, 0.3) is 0 Å². The predicted molar refractivity (Wildman–Crippen MR) is 90.1 cm³/mol. The molecule has 0 radical (unpaired) electrons. The summed E-state index contributed by atoms with van der Waals surface area (Å²) in [5.41, 5.74) is 1.03. The molecule has 1 heterocycles. The highest BCUT2D eigenvalue weighted by atomic mass is 16.2. The fourth-order valence-corrected chi connectivity index (χ4v) is 2.04. The van der Waals surface area contributed by atoms with Gasteiger partial charge in [0.15, 0.2) is 0 Å². The maximum absolute atomic E-state index is 11.9. The molecule has 0 aliphatic carbocycles. The average molecular weight is 330 g/mol. The number of nitrogens with one attached hydrogen (secondary N) is 3. The van der Waals surface area contributed by atoms with E-state index in [0.717, 1.165) is 18.5 Å². The molecule has 2 rings (SSSR count). The molecule has 0 unspecified atom stereocenters. The van der Waals surface area contributed by atoms with Crippen LogP contribution in [0.15, 0.2) is 36.7 Å². The van der Waals surface area contributed by atoms with Gasteiger partial charge < -0.3 is 10.6 Å². The molecule has 1 aromatic heterocycles. The molecule has 1 aromatic carbocycles. The van der Waals surface area contributed by atoms with Gasteiger partial charge in [-0.1, -0.05) is 30.3 Å². The van der Waals surface area contributed by atoms with Crippen molar-refractivity contribution in [3.05, 3.63) is 42.2 Å². The van der Waals surface area contributed by atoms with Crippen LogP contribution in [0.2, 0.25) is 0 Å². The first-order valence-corrected chi connectivity index (χ1v) is 7.82. The Morgan fingerprint density at radius 1 is 1.17 bits per heavy atom. The van der Waals surface area contributed by atoms with Gasteiger partial charge in [0.05, 0.1) is 0 Å². The normalized spacial score (nSPS) is 10.4. The van der Waals surface area contributed by atoms with Gasteiger partial charge in [-0.2, -0.15) is 0 Å². The Morgan fingerprint density at radius 3 is 2.71 bits per heavy atom. The Bertz CT molecular complexity index is 656. The molecule has 24 heavy (non-hydrogen) atoms. The van der Waals surface area contributed by atoms with Crippen LogP contribution in [-0.4, -0.2) is 40.2 Å². The lowest BCUT2D eigenvalue weighted by atomic mass is 10.2. The molecule has 8 nitrogen and oxygen atoms in total. The number of aromatic nitrogens is 3. The lowest BCUT2D eigenvalue weighted by Gasteiger charge is -2.05. The van der Waals surface area contributed by atoms with Gasteiger partial charge in [0.25, 0.3) is 0 Å². The number of benzene rings is 1. The second kappa shape index (κ2) is 9.41. The summed E-state index contributed by atoms with van der Waals surface area (Å²) in [6, 6.07) is 9.65. The van der Waals surface area contributed by atoms with E-state index in [1.165, 1.54) is 11.0 Å². The van der Waals surface area contributed by atoms with E-state index in [4.69, 9.17) is 0 Å². The Kier molecular flexibility index (Phi) is 6.91. The summed E-state index contributed by atoms with van der Waals surface area (Å²) in [5.74, 6) is -0.104. The van der Waals surface area contributed by atoms with Crippen molar-refractivity contribution in [3.8, 4) is 0 Å². The highest BCUT2D eigenvalue weighted by molar-refractivity contribution is 5.88. The second-order valence-corrected chi connectivity index (χ2v) is 5.28. The summed E-state index contributed by atoms with van der Waals surface area (Å²) in [7, 11) is 1.84. The lowest BCUT2D eigenvalue weighted by Crippen LogP contribution is -2.27.